The summed E-state index contributed by atoms with van der Waals surface area (Å²) in [7, 11) is 0. The summed E-state index contributed by atoms with van der Waals surface area (Å²) in [5, 5.41) is 0.312. The van der Waals surface area contributed by atoms with Crippen molar-refractivity contribution in [1.82, 2.24) is 0 Å². The zero-order chi connectivity index (χ0) is 5.15. The van der Waals surface area contributed by atoms with Crippen molar-refractivity contribution in [1.29, 1.82) is 0 Å². The molecule has 0 aromatic carbocycles. The molecule has 0 fully saturated rings. The van der Waals surface area contributed by atoms with Crippen molar-refractivity contribution in [2.75, 3.05) is 0 Å². The Morgan fingerprint density at radius 3 is 2.00 bits per heavy atom. The normalized spacial score (nSPS) is 13.8. The molecule has 0 heterocycles. The molecule has 0 rings (SSSR count). The highest BCUT2D eigenvalue weighted by Gasteiger charge is 1.96. The Bertz CT molecular complexity index is 59.8. The van der Waals surface area contributed by atoms with Gasteiger partial charge >= 0.3 is 0 Å². The summed E-state index contributed by atoms with van der Waals surface area (Å²) in [5.74, 6) is 0. The van der Waals surface area contributed by atoms with Crippen LogP contribution >= 0.6 is 35.8 Å². The van der Waals surface area contributed by atoms with Crippen LogP contribution in [0.25, 0.3) is 0 Å². The Kier molecular flexibility index (Phi) is 3.09. The van der Waals surface area contributed by atoms with Gasteiger partial charge in [0.1, 0.15) is 4.71 Å². The van der Waals surface area contributed by atoms with Gasteiger partial charge in [0.25, 0.3) is 0 Å². The monoisotopic (exact) mass is 141 g/mol. The minimum absolute atomic E-state index is 0.312. The van der Waals surface area contributed by atoms with Gasteiger partial charge in [-0.2, -0.15) is 0 Å². The summed E-state index contributed by atoms with van der Waals surface area (Å²) in [4.78, 5) is 0. The van der Waals surface area contributed by atoms with Gasteiger partial charge in [-0.1, -0.05) is 30.8 Å². The number of halogens is 2. The highest BCUT2D eigenvalue weighted by molar-refractivity contribution is 7.82. The van der Waals surface area contributed by atoms with Gasteiger partial charge in [0, 0.05) is 5.03 Å². The van der Waals surface area contributed by atoms with Gasteiger partial charge in [0.05, 0.1) is 0 Å². The van der Waals surface area contributed by atoms with Crippen LogP contribution in [-0.4, -0.2) is 4.71 Å². The molecule has 0 aliphatic rings. The molecule has 0 spiro atoms. The van der Waals surface area contributed by atoms with Crippen molar-refractivity contribution in [2.24, 2.45) is 0 Å². The average molecular weight is 142 g/mol. The van der Waals surface area contributed by atoms with Crippen LogP contribution in [0.4, 0.5) is 0 Å². The molecule has 0 N–H and O–H groups in total. The Morgan fingerprint density at radius 2 is 2.00 bits per heavy atom. The van der Waals surface area contributed by atoms with Gasteiger partial charge in [-0.15, -0.1) is 11.6 Å². The molecule has 0 amide bonds. The zero-order valence-electron chi connectivity index (χ0n) is 2.95. The third-order valence-corrected chi connectivity index (χ3v) is 1.25. The molecule has 0 aromatic heterocycles. The highest BCUT2D eigenvalue weighted by Crippen LogP contribution is 2.13. The topological polar surface area (TPSA) is 0 Å². The van der Waals surface area contributed by atoms with Crippen LogP contribution in [0.1, 0.15) is 0 Å². The predicted molar refractivity (Wildman–Crippen MR) is 32.2 cm³/mol. The molecule has 0 aliphatic heterocycles. The zero-order valence-corrected chi connectivity index (χ0v) is 5.28. The number of hydrogen-bond donors (Lipinski definition) is 0. The highest BCUT2D eigenvalue weighted by atomic mass is 35.5. The second kappa shape index (κ2) is 2.78. The molecular weight excluding hydrogens is 139 g/mol. The Balaban J connectivity index is 3.26. The van der Waals surface area contributed by atoms with Gasteiger partial charge in [0.15, 0.2) is 0 Å². The predicted octanol–water partition coefficient (Wildman–Crippen LogP) is 2.50. The minimum Gasteiger partial charge on any atom is -0.104 e. The molecule has 0 bridgehead atoms. The first-order chi connectivity index (χ1) is 2.64. The number of alkyl halides is 1. The fraction of sp³-hybridized carbons (Fsp3) is 0.333. The third kappa shape index (κ3) is 2.88. The minimum atomic E-state index is -0.522. The van der Waals surface area contributed by atoms with E-state index in [-0.39, 0.29) is 0 Å². The Labute approximate surface area is 52.5 Å². The molecule has 1 atom stereocenters. The summed E-state index contributed by atoms with van der Waals surface area (Å²) in [6.45, 7) is 3.28. The van der Waals surface area contributed by atoms with Crippen molar-refractivity contribution in [2.45, 2.75) is 4.71 Å². The van der Waals surface area contributed by atoms with Gasteiger partial charge in [-0.25, -0.2) is 0 Å². The molecule has 3 heteroatoms. The standard InChI is InChI=1S/C3H3Cl2S/c1-2(4)3(5)6/h3H,1H2. The maximum atomic E-state index is 5.20. The van der Waals surface area contributed by atoms with Gasteiger partial charge in [0.2, 0.25) is 0 Å². The largest absolute Gasteiger partial charge is 0.124 e. The lowest BCUT2D eigenvalue weighted by Crippen LogP contribution is -1.79. The molecule has 0 saturated heterocycles. The van der Waals surface area contributed by atoms with Crippen LogP contribution in [-0.2, 0) is 0 Å². The third-order valence-electron chi connectivity index (χ3n) is 0.246. The van der Waals surface area contributed by atoms with Gasteiger partial charge < -0.3 is 0 Å². The molecule has 6 heavy (non-hydrogen) atoms. The van der Waals surface area contributed by atoms with Gasteiger partial charge in [-0.05, 0) is 0 Å². The van der Waals surface area contributed by atoms with E-state index in [1.807, 2.05) is 0 Å². The molecular formula is C3H3Cl2S. The fourth-order valence-electron chi connectivity index (χ4n) is 0. The smallest absolute Gasteiger partial charge is 0.104 e. The van der Waals surface area contributed by atoms with E-state index < -0.39 is 4.71 Å². The summed E-state index contributed by atoms with van der Waals surface area (Å²) in [6, 6.07) is 0. The van der Waals surface area contributed by atoms with Crippen molar-refractivity contribution in [3.63, 3.8) is 0 Å². The molecule has 0 saturated carbocycles. The van der Waals surface area contributed by atoms with Crippen molar-refractivity contribution < 1.29 is 0 Å². The quantitative estimate of drug-likeness (QED) is 0.493. The van der Waals surface area contributed by atoms with Crippen molar-refractivity contribution in [3.05, 3.63) is 11.6 Å². The molecule has 0 nitrogen and oxygen atoms in total. The van der Waals surface area contributed by atoms with E-state index in [0.29, 0.717) is 5.03 Å². The van der Waals surface area contributed by atoms with E-state index in [4.69, 9.17) is 23.2 Å². The summed E-state index contributed by atoms with van der Waals surface area (Å²) < 4.78 is -0.522. The summed E-state index contributed by atoms with van der Waals surface area (Å²) in [5.41, 5.74) is 0. The van der Waals surface area contributed by atoms with Crippen molar-refractivity contribution in [3.8, 4) is 0 Å². The lowest BCUT2D eigenvalue weighted by atomic mass is 10.7. The van der Waals surface area contributed by atoms with Crippen molar-refractivity contribution >= 4 is 35.8 Å². The molecule has 1 unspecified atom stereocenters. The van der Waals surface area contributed by atoms with E-state index in [2.05, 4.69) is 19.2 Å². The first-order valence-electron chi connectivity index (χ1n) is 1.29. The van der Waals surface area contributed by atoms with E-state index in [1.54, 1.807) is 0 Å². The lowest BCUT2D eigenvalue weighted by molar-refractivity contribution is 1.61. The van der Waals surface area contributed by atoms with Crippen LogP contribution in [0.15, 0.2) is 11.6 Å². The maximum absolute atomic E-state index is 5.20. The molecule has 35 valence electrons. The summed E-state index contributed by atoms with van der Waals surface area (Å²) in [6.07, 6.45) is 0. The molecule has 1 radical (unpaired) electrons. The second-order valence-corrected chi connectivity index (χ2v) is 2.42. The first kappa shape index (κ1) is 6.67. The fourth-order valence-corrected chi connectivity index (χ4v) is 0. The van der Waals surface area contributed by atoms with E-state index in [0.717, 1.165) is 0 Å². The molecule has 0 aliphatic carbocycles. The van der Waals surface area contributed by atoms with Gasteiger partial charge in [-0.3, -0.25) is 0 Å². The number of hydrogen-bond acceptors (Lipinski definition) is 0. The average Bonchev–Trinajstić information content (AvgIpc) is 1.36. The molecule has 0 aromatic rings. The Hall–Kier alpha value is 0.670. The van der Waals surface area contributed by atoms with Crippen LogP contribution in [0.3, 0.4) is 0 Å². The first-order valence-corrected chi connectivity index (χ1v) is 2.57. The lowest BCUT2D eigenvalue weighted by Gasteiger charge is -1.89. The second-order valence-electron chi connectivity index (χ2n) is 0.763. The van der Waals surface area contributed by atoms with Crippen LogP contribution in [0, 0.1) is 0 Å². The van der Waals surface area contributed by atoms with E-state index in [1.165, 1.54) is 0 Å². The number of rotatable bonds is 1. The van der Waals surface area contributed by atoms with E-state index in [9.17, 15) is 0 Å². The van der Waals surface area contributed by atoms with E-state index >= 15 is 0 Å². The Morgan fingerprint density at radius 1 is 1.83 bits per heavy atom. The van der Waals surface area contributed by atoms with Crippen LogP contribution in [0.2, 0.25) is 0 Å². The summed E-state index contributed by atoms with van der Waals surface area (Å²) >= 11 is 14.8. The maximum Gasteiger partial charge on any atom is 0.124 e. The van der Waals surface area contributed by atoms with Crippen LogP contribution in [0.5, 0.6) is 0 Å². The van der Waals surface area contributed by atoms with Crippen LogP contribution < -0.4 is 0 Å². The SMILES string of the molecule is C=C(Cl)C([S])Cl.